The fourth-order valence-corrected chi connectivity index (χ4v) is 6.60. The molecule has 0 unspecified atom stereocenters. The monoisotopic (exact) mass is 648 g/mol. The van der Waals surface area contributed by atoms with Crippen molar-refractivity contribution in [3.8, 4) is 0 Å². The second kappa shape index (κ2) is 15.3. The molecule has 0 fully saturated rings. The summed E-state index contributed by atoms with van der Waals surface area (Å²) in [4.78, 5) is 31.6. The molecule has 6 N–H and O–H groups in total. The van der Waals surface area contributed by atoms with Crippen molar-refractivity contribution < 1.29 is 4.79 Å². The Morgan fingerprint density at radius 3 is 1.50 bits per heavy atom. The number of pyridine rings is 2. The van der Waals surface area contributed by atoms with Gasteiger partial charge in [0.15, 0.2) is 11.6 Å². The highest BCUT2D eigenvalue weighted by Crippen LogP contribution is 2.31. The fourth-order valence-electron chi connectivity index (χ4n) is 6.60. The molecule has 0 saturated heterocycles. The van der Waals surface area contributed by atoms with Crippen molar-refractivity contribution in [1.82, 2.24) is 39.7 Å². The van der Waals surface area contributed by atoms with Gasteiger partial charge >= 0.3 is 6.03 Å². The van der Waals surface area contributed by atoms with Gasteiger partial charge in [0.1, 0.15) is 22.7 Å². The summed E-state index contributed by atoms with van der Waals surface area (Å²) in [6, 6.07) is 16.1. The van der Waals surface area contributed by atoms with Crippen LogP contribution in [0.15, 0.2) is 48.5 Å². The predicted molar refractivity (Wildman–Crippen MR) is 196 cm³/mol. The SMILES string of the molecule is CCCCc1nc2c(N)nc3ccccc3c2n1CCCCNC(=O)NCCCCn1c(CCCC)nc2c(N)nc3ccccc3c21. The summed E-state index contributed by atoms with van der Waals surface area (Å²) in [6.07, 6.45) is 9.68. The molecule has 6 aromatic rings. The summed E-state index contributed by atoms with van der Waals surface area (Å²) in [5.41, 5.74) is 18.1. The molecule has 0 saturated carbocycles. The number of aryl methyl sites for hydroxylation is 4. The lowest BCUT2D eigenvalue weighted by Crippen LogP contribution is -2.36. The third-order valence-electron chi connectivity index (χ3n) is 9.07. The van der Waals surface area contributed by atoms with Crippen LogP contribution in [0.2, 0.25) is 0 Å². The van der Waals surface area contributed by atoms with E-state index in [4.69, 9.17) is 21.4 Å². The van der Waals surface area contributed by atoms with Crippen molar-refractivity contribution in [1.29, 1.82) is 0 Å². The molecule has 0 bridgehead atoms. The molecule has 11 heteroatoms. The van der Waals surface area contributed by atoms with Gasteiger partial charge in [-0.3, -0.25) is 0 Å². The minimum atomic E-state index is -0.127. The first-order valence-corrected chi connectivity index (χ1v) is 17.6. The standard InChI is InChI=1S/C37H48N10O/c1-3-5-19-29-44-31-33(25-15-7-9-17-27(25)42-35(31)38)46(29)23-13-11-21-40-37(48)41-22-12-14-24-47-30(20-6-4-2)45-32-34(47)26-16-8-10-18-28(26)43-36(32)39/h7-10,15-18H,3-6,11-14,19-24H2,1-2H3,(H2,38,42)(H2,39,43)(H2,40,41,48). The number of carbonyl (C=O) groups is 1. The summed E-state index contributed by atoms with van der Waals surface area (Å²) in [6.45, 7) is 7.22. The Hall–Kier alpha value is -4.93. The zero-order valence-corrected chi connectivity index (χ0v) is 28.3. The predicted octanol–water partition coefficient (Wildman–Crippen LogP) is 6.89. The topological polar surface area (TPSA) is 155 Å². The van der Waals surface area contributed by atoms with E-state index in [1.165, 1.54) is 0 Å². The summed E-state index contributed by atoms with van der Waals surface area (Å²) >= 11 is 0. The van der Waals surface area contributed by atoms with E-state index in [-0.39, 0.29) is 6.03 Å². The average Bonchev–Trinajstić information content (AvgIpc) is 3.65. The lowest BCUT2D eigenvalue weighted by atomic mass is 10.2. The Labute approximate surface area is 281 Å². The molecule has 0 aliphatic carbocycles. The molecule has 48 heavy (non-hydrogen) atoms. The largest absolute Gasteiger partial charge is 0.382 e. The second-order valence-electron chi connectivity index (χ2n) is 12.6. The van der Waals surface area contributed by atoms with Crippen LogP contribution in [-0.4, -0.2) is 48.2 Å². The van der Waals surface area contributed by atoms with Crippen molar-refractivity contribution in [2.45, 2.75) is 91.1 Å². The number of nitrogen functional groups attached to an aromatic ring is 2. The van der Waals surface area contributed by atoms with Gasteiger partial charge in [0, 0.05) is 49.8 Å². The van der Waals surface area contributed by atoms with E-state index in [9.17, 15) is 4.79 Å². The molecule has 0 atom stereocenters. The van der Waals surface area contributed by atoms with Gasteiger partial charge in [0.25, 0.3) is 0 Å². The Bertz CT molecular complexity index is 1880. The van der Waals surface area contributed by atoms with Gasteiger partial charge in [-0.05, 0) is 50.7 Å². The number of hydrogen-bond donors (Lipinski definition) is 4. The van der Waals surface area contributed by atoms with Crippen LogP contribution in [0.3, 0.4) is 0 Å². The maximum Gasteiger partial charge on any atom is 0.314 e. The Morgan fingerprint density at radius 1 is 0.625 bits per heavy atom. The Morgan fingerprint density at radius 2 is 1.06 bits per heavy atom. The summed E-state index contributed by atoms with van der Waals surface area (Å²) < 4.78 is 4.63. The first-order valence-electron chi connectivity index (χ1n) is 17.6. The number of anilines is 2. The van der Waals surface area contributed by atoms with E-state index in [0.717, 1.165) is 133 Å². The molecule has 4 heterocycles. The zero-order valence-electron chi connectivity index (χ0n) is 28.3. The van der Waals surface area contributed by atoms with Gasteiger partial charge in [-0.25, -0.2) is 24.7 Å². The fraction of sp³-hybridized carbons (Fsp3) is 0.432. The molecule has 0 spiro atoms. The van der Waals surface area contributed by atoms with Crippen molar-refractivity contribution in [2.75, 3.05) is 24.6 Å². The van der Waals surface area contributed by atoms with Crippen LogP contribution in [0, 0.1) is 0 Å². The normalized spacial score (nSPS) is 11.7. The lowest BCUT2D eigenvalue weighted by molar-refractivity contribution is 0.240. The van der Waals surface area contributed by atoms with Gasteiger partial charge in [0.2, 0.25) is 0 Å². The Balaban J connectivity index is 0.999. The van der Waals surface area contributed by atoms with Crippen molar-refractivity contribution in [3.63, 3.8) is 0 Å². The zero-order chi connectivity index (χ0) is 33.5. The number of nitrogens with one attached hydrogen (secondary N) is 2. The molecule has 2 amide bonds. The molecule has 252 valence electrons. The molecule has 2 aromatic carbocycles. The first kappa shape index (κ1) is 33.0. The number of hydrogen-bond acceptors (Lipinski definition) is 7. The minimum Gasteiger partial charge on any atom is -0.382 e. The number of aromatic nitrogens is 6. The van der Waals surface area contributed by atoms with E-state index >= 15 is 0 Å². The molecule has 0 aliphatic rings. The van der Waals surface area contributed by atoms with Crippen LogP contribution in [0.25, 0.3) is 43.9 Å². The van der Waals surface area contributed by atoms with E-state index in [1.54, 1.807) is 0 Å². The average molecular weight is 649 g/mol. The van der Waals surface area contributed by atoms with Gasteiger partial charge in [0.05, 0.1) is 22.1 Å². The van der Waals surface area contributed by atoms with Gasteiger partial charge in [-0.15, -0.1) is 0 Å². The summed E-state index contributed by atoms with van der Waals surface area (Å²) in [7, 11) is 0. The lowest BCUT2D eigenvalue weighted by Gasteiger charge is -2.12. The first-order chi connectivity index (χ1) is 23.5. The highest BCUT2D eigenvalue weighted by Gasteiger charge is 2.18. The van der Waals surface area contributed by atoms with Crippen LogP contribution in [-0.2, 0) is 25.9 Å². The maximum atomic E-state index is 12.6. The number of unbranched alkanes of at least 4 members (excludes halogenated alkanes) is 4. The van der Waals surface area contributed by atoms with E-state index < -0.39 is 0 Å². The van der Waals surface area contributed by atoms with E-state index in [2.05, 4.69) is 55.7 Å². The minimum absolute atomic E-state index is 0.127. The molecular formula is C37H48N10O. The van der Waals surface area contributed by atoms with Crippen molar-refractivity contribution >= 4 is 61.5 Å². The smallest absolute Gasteiger partial charge is 0.314 e. The number of nitrogens with two attached hydrogens (primary N) is 2. The number of imidazole rings is 2. The van der Waals surface area contributed by atoms with Crippen LogP contribution in [0.5, 0.6) is 0 Å². The van der Waals surface area contributed by atoms with Gasteiger partial charge in [-0.1, -0.05) is 63.1 Å². The quantitative estimate of drug-likeness (QED) is 0.0833. The number of fused-ring (bicyclic) bond motifs is 6. The number of nitrogens with zero attached hydrogens (tertiary/aromatic N) is 6. The molecular weight excluding hydrogens is 600 g/mol. The highest BCUT2D eigenvalue weighted by molar-refractivity contribution is 6.07. The third kappa shape index (κ3) is 7.00. The summed E-state index contributed by atoms with van der Waals surface area (Å²) in [5, 5.41) is 8.21. The number of carbonyl (C=O) groups excluding carboxylic acids is 1. The Kier molecular flexibility index (Phi) is 10.5. The molecule has 6 rings (SSSR count). The molecule has 0 aliphatic heterocycles. The summed E-state index contributed by atoms with van der Waals surface area (Å²) in [5.74, 6) is 3.06. The number of urea groups is 1. The van der Waals surface area contributed by atoms with E-state index in [1.807, 2.05) is 36.4 Å². The van der Waals surface area contributed by atoms with Crippen LogP contribution in [0.4, 0.5) is 16.4 Å². The van der Waals surface area contributed by atoms with Gasteiger partial charge in [-0.2, -0.15) is 0 Å². The molecule has 11 nitrogen and oxygen atoms in total. The number of benzene rings is 2. The number of rotatable bonds is 16. The second-order valence-corrected chi connectivity index (χ2v) is 12.6. The van der Waals surface area contributed by atoms with E-state index in [0.29, 0.717) is 24.7 Å². The molecule has 0 radical (unpaired) electrons. The van der Waals surface area contributed by atoms with Crippen molar-refractivity contribution in [3.05, 3.63) is 60.2 Å². The van der Waals surface area contributed by atoms with Crippen LogP contribution in [0.1, 0.15) is 76.9 Å². The molecule has 4 aromatic heterocycles. The maximum absolute atomic E-state index is 12.6. The van der Waals surface area contributed by atoms with Gasteiger partial charge < -0.3 is 31.2 Å². The highest BCUT2D eigenvalue weighted by atomic mass is 16.2. The van der Waals surface area contributed by atoms with Crippen LogP contribution >= 0.6 is 0 Å². The number of amides is 2. The van der Waals surface area contributed by atoms with Crippen molar-refractivity contribution in [2.24, 2.45) is 0 Å². The third-order valence-corrected chi connectivity index (χ3v) is 9.07. The van der Waals surface area contributed by atoms with Crippen LogP contribution < -0.4 is 22.1 Å². The number of para-hydroxylation sites is 2.